The van der Waals surface area contributed by atoms with Crippen LogP contribution in [0.15, 0.2) is 41.3 Å². The number of carbonyl (C=O) groups excluding carboxylic acids is 1. The molecule has 0 radical (unpaired) electrons. The Hall–Kier alpha value is -2.29. The lowest BCUT2D eigenvalue weighted by atomic mass is 10.1. The van der Waals surface area contributed by atoms with Crippen molar-refractivity contribution in [3.8, 4) is 11.5 Å². The minimum Gasteiger partial charge on any atom is -0.494 e. The first-order valence-electron chi connectivity index (χ1n) is 9.75. The molecule has 2 aromatic carbocycles. The second kappa shape index (κ2) is 9.68. The minimum atomic E-state index is -3.69. The van der Waals surface area contributed by atoms with Crippen molar-refractivity contribution in [2.45, 2.75) is 44.2 Å². The quantitative estimate of drug-likeness (QED) is 0.610. The van der Waals surface area contributed by atoms with Gasteiger partial charge in [-0.05, 0) is 50.2 Å². The number of nitrogens with one attached hydrogen (secondary N) is 2. The van der Waals surface area contributed by atoms with Crippen molar-refractivity contribution in [3.05, 3.63) is 52.5 Å². The molecular weight excluding hydrogens is 428 g/mol. The summed E-state index contributed by atoms with van der Waals surface area (Å²) in [5.74, 6) is 1.26. The van der Waals surface area contributed by atoms with Crippen molar-refractivity contribution in [1.82, 2.24) is 10.0 Å². The van der Waals surface area contributed by atoms with Crippen molar-refractivity contribution in [3.63, 3.8) is 0 Å². The highest BCUT2D eigenvalue weighted by molar-refractivity contribution is 7.89. The highest BCUT2D eigenvalue weighted by atomic mass is 35.5. The second-order valence-corrected chi connectivity index (χ2v) is 9.22. The maximum Gasteiger partial charge on any atom is 0.240 e. The predicted molar refractivity (Wildman–Crippen MR) is 115 cm³/mol. The molecule has 0 aromatic heterocycles. The van der Waals surface area contributed by atoms with Crippen LogP contribution in [0.25, 0.3) is 0 Å². The summed E-state index contributed by atoms with van der Waals surface area (Å²) >= 11 is 5.78. The average molecular weight is 453 g/mol. The van der Waals surface area contributed by atoms with Gasteiger partial charge < -0.3 is 14.8 Å². The topological polar surface area (TPSA) is 93.7 Å². The first kappa shape index (κ1) is 22.4. The Morgan fingerprint density at radius 2 is 2.00 bits per heavy atom. The van der Waals surface area contributed by atoms with Gasteiger partial charge in [0.15, 0.2) is 0 Å². The normalized spacial score (nSPS) is 15.4. The third-order valence-electron chi connectivity index (χ3n) is 4.62. The van der Waals surface area contributed by atoms with E-state index in [1.807, 2.05) is 26.0 Å². The van der Waals surface area contributed by atoms with Crippen molar-refractivity contribution >= 4 is 27.5 Å². The monoisotopic (exact) mass is 452 g/mol. The van der Waals surface area contributed by atoms with Gasteiger partial charge in [-0.25, -0.2) is 13.1 Å². The number of halogens is 1. The first-order valence-corrected chi connectivity index (χ1v) is 11.6. The van der Waals surface area contributed by atoms with Gasteiger partial charge in [0, 0.05) is 42.1 Å². The number of fused-ring (bicyclic) bond motifs is 1. The molecule has 1 unspecified atom stereocenters. The Balaban J connectivity index is 1.53. The number of carbonyl (C=O) groups is 1. The molecule has 0 saturated carbocycles. The molecule has 0 spiro atoms. The fourth-order valence-corrected chi connectivity index (χ4v) is 4.35. The van der Waals surface area contributed by atoms with E-state index in [1.165, 1.54) is 24.3 Å². The zero-order valence-electron chi connectivity index (χ0n) is 16.9. The molecule has 1 aliphatic rings. The van der Waals surface area contributed by atoms with E-state index in [1.54, 1.807) is 0 Å². The summed E-state index contributed by atoms with van der Waals surface area (Å²) < 4.78 is 38.4. The van der Waals surface area contributed by atoms with Crippen LogP contribution in [0.3, 0.4) is 0 Å². The Labute approximate surface area is 181 Å². The second-order valence-electron chi connectivity index (χ2n) is 7.01. The number of amides is 1. The van der Waals surface area contributed by atoms with Crippen LogP contribution >= 0.6 is 11.6 Å². The smallest absolute Gasteiger partial charge is 0.240 e. The lowest BCUT2D eigenvalue weighted by Crippen LogP contribution is -2.30. The summed E-state index contributed by atoms with van der Waals surface area (Å²) in [6.07, 6.45) is 0.957. The molecule has 0 fully saturated rings. The van der Waals surface area contributed by atoms with Gasteiger partial charge in [-0.1, -0.05) is 11.6 Å². The van der Waals surface area contributed by atoms with E-state index in [2.05, 4.69) is 10.0 Å². The fraction of sp³-hybridized carbons (Fsp3) is 0.381. The number of hydrogen-bond donors (Lipinski definition) is 2. The van der Waals surface area contributed by atoms with Gasteiger partial charge in [0.05, 0.1) is 11.5 Å². The maximum absolute atomic E-state index is 12.2. The summed E-state index contributed by atoms with van der Waals surface area (Å²) in [6.45, 7) is 4.68. The Morgan fingerprint density at radius 3 is 2.70 bits per heavy atom. The van der Waals surface area contributed by atoms with E-state index in [0.29, 0.717) is 11.6 Å². The summed E-state index contributed by atoms with van der Waals surface area (Å²) in [6, 6.07) is 9.69. The van der Waals surface area contributed by atoms with Crippen LogP contribution in [0.2, 0.25) is 5.02 Å². The van der Waals surface area contributed by atoms with Crippen LogP contribution in [-0.2, 0) is 27.8 Å². The van der Waals surface area contributed by atoms with Crippen LogP contribution in [0.1, 0.15) is 31.4 Å². The zero-order valence-corrected chi connectivity index (χ0v) is 18.5. The summed E-state index contributed by atoms with van der Waals surface area (Å²) in [7, 11) is -3.69. The number of hydrogen-bond acceptors (Lipinski definition) is 5. The summed E-state index contributed by atoms with van der Waals surface area (Å²) in [5, 5.41) is 3.26. The Morgan fingerprint density at radius 1 is 1.27 bits per heavy atom. The average Bonchev–Trinajstić information content (AvgIpc) is 3.05. The van der Waals surface area contributed by atoms with Crippen LogP contribution in [0.4, 0.5) is 0 Å². The maximum atomic E-state index is 12.2. The zero-order chi connectivity index (χ0) is 21.7. The van der Waals surface area contributed by atoms with Crippen molar-refractivity contribution in [2.24, 2.45) is 0 Å². The van der Waals surface area contributed by atoms with Crippen LogP contribution < -0.4 is 19.5 Å². The molecule has 0 bridgehead atoms. The molecule has 1 atom stereocenters. The van der Waals surface area contributed by atoms with Crippen LogP contribution in [0.5, 0.6) is 11.5 Å². The number of benzene rings is 2. The van der Waals surface area contributed by atoms with Gasteiger partial charge in [0.2, 0.25) is 15.9 Å². The molecule has 0 aliphatic carbocycles. The predicted octanol–water partition coefficient (Wildman–Crippen LogP) is 3.05. The van der Waals surface area contributed by atoms with Crippen molar-refractivity contribution in [2.75, 3.05) is 13.2 Å². The van der Waals surface area contributed by atoms with Gasteiger partial charge in [-0.15, -0.1) is 0 Å². The first-order chi connectivity index (χ1) is 14.3. The molecule has 2 N–H and O–H groups in total. The molecule has 1 heterocycles. The third kappa shape index (κ3) is 5.65. The van der Waals surface area contributed by atoms with E-state index in [0.717, 1.165) is 29.0 Å². The van der Waals surface area contributed by atoms with Crippen molar-refractivity contribution < 1.29 is 22.7 Å². The fourth-order valence-electron chi connectivity index (χ4n) is 3.19. The molecular formula is C21H25ClN2O5S. The highest BCUT2D eigenvalue weighted by Crippen LogP contribution is 2.35. The van der Waals surface area contributed by atoms with E-state index in [9.17, 15) is 13.2 Å². The summed E-state index contributed by atoms with van der Waals surface area (Å²) in [4.78, 5) is 12.3. The third-order valence-corrected chi connectivity index (χ3v) is 6.35. The van der Waals surface area contributed by atoms with Crippen LogP contribution in [0, 0.1) is 0 Å². The molecule has 0 saturated heterocycles. The van der Waals surface area contributed by atoms with Gasteiger partial charge in [-0.2, -0.15) is 0 Å². The molecule has 3 rings (SSSR count). The van der Waals surface area contributed by atoms with E-state index in [-0.39, 0.29) is 36.4 Å². The van der Waals surface area contributed by atoms with E-state index in [4.69, 9.17) is 21.1 Å². The molecule has 1 aliphatic heterocycles. The number of ether oxygens (including phenoxy) is 2. The van der Waals surface area contributed by atoms with Gasteiger partial charge in [-0.3, -0.25) is 4.79 Å². The molecule has 7 nitrogen and oxygen atoms in total. The molecule has 162 valence electrons. The lowest BCUT2D eigenvalue weighted by molar-refractivity contribution is -0.121. The van der Waals surface area contributed by atoms with E-state index >= 15 is 0 Å². The SMILES string of the molecule is CCOc1cc2c(cc1CNC(=O)CCNS(=O)(=O)c1ccc(Cl)cc1)OC(C)C2. The molecule has 1 amide bonds. The standard InChI is InChI=1S/C21H25ClN2O5S/c1-3-28-19-11-15-10-14(2)29-20(15)12-16(19)13-23-21(25)8-9-24-30(26,27)18-6-4-17(22)5-7-18/h4-7,11-12,14,24H,3,8-10,13H2,1-2H3,(H,23,25). The van der Waals surface area contributed by atoms with Crippen molar-refractivity contribution in [1.29, 1.82) is 0 Å². The molecule has 30 heavy (non-hydrogen) atoms. The number of sulfonamides is 1. The number of rotatable bonds is 9. The minimum absolute atomic E-state index is 0.00919. The highest BCUT2D eigenvalue weighted by Gasteiger charge is 2.22. The molecule has 2 aromatic rings. The Bertz CT molecular complexity index is 1010. The van der Waals surface area contributed by atoms with Crippen LogP contribution in [-0.4, -0.2) is 33.6 Å². The Kier molecular flexibility index (Phi) is 7.23. The lowest BCUT2D eigenvalue weighted by Gasteiger charge is -2.13. The van der Waals surface area contributed by atoms with Gasteiger partial charge in [0.1, 0.15) is 17.6 Å². The van der Waals surface area contributed by atoms with Gasteiger partial charge >= 0.3 is 0 Å². The largest absolute Gasteiger partial charge is 0.494 e. The molecule has 9 heteroatoms. The summed E-state index contributed by atoms with van der Waals surface area (Å²) in [5.41, 5.74) is 1.91. The van der Waals surface area contributed by atoms with Gasteiger partial charge in [0.25, 0.3) is 0 Å². The van der Waals surface area contributed by atoms with E-state index < -0.39 is 10.0 Å².